The molecule has 0 saturated heterocycles. The van der Waals surface area contributed by atoms with Crippen molar-refractivity contribution in [2.24, 2.45) is 0 Å². The first-order valence-corrected chi connectivity index (χ1v) is 11.1. The molecule has 0 bridgehead atoms. The Morgan fingerprint density at radius 2 is 1.70 bits per heavy atom. The number of nitrogens with zero attached hydrogens (tertiary/aromatic N) is 3. The van der Waals surface area contributed by atoms with Crippen LogP contribution < -0.4 is 0 Å². The van der Waals surface area contributed by atoms with Gasteiger partial charge in [-0.1, -0.05) is 37.0 Å². The average molecular weight is 422 g/mol. The molecular formula is C21H25Cl2N3S. The van der Waals surface area contributed by atoms with Crippen LogP contribution in [0.5, 0.6) is 0 Å². The van der Waals surface area contributed by atoms with Crippen LogP contribution in [-0.4, -0.2) is 34.1 Å². The van der Waals surface area contributed by atoms with Crippen LogP contribution in [0, 0.1) is 0 Å². The van der Waals surface area contributed by atoms with E-state index in [-0.39, 0.29) is 0 Å². The monoisotopic (exact) mass is 421 g/mol. The Labute approximate surface area is 175 Å². The molecule has 0 atom stereocenters. The van der Waals surface area contributed by atoms with Gasteiger partial charge in [-0.3, -0.25) is 0 Å². The average Bonchev–Trinajstić information content (AvgIpc) is 3.01. The number of imidazole rings is 1. The lowest BCUT2D eigenvalue weighted by Gasteiger charge is -2.18. The number of aromatic nitrogens is 2. The summed E-state index contributed by atoms with van der Waals surface area (Å²) in [7, 11) is 0. The van der Waals surface area contributed by atoms with Crippen LogP contribution in [0.3, 0.4) is 0 Å². The van der Waals surface area contributed by atoms with Gasteiger partial charge in [0, 0.05) is 21.5 Å². The molecule has 0 radical (unpaired) electrons. The van der Waals surface area contributed by atoms with Gasteiger partial charge in [0.05, 0.1) is 16.8 Å². The van der Waals surface area contributed by atoms with Gasteiger partial charge in [0.25, 0.3) is 0 Å². The van der Waals surface area contributed by atoms with Gasteiger partial charge in [0.2, 0.25) is 0 Å². The van der Waals surface area contributed by atoms with E-state index < -0.39 is 0 Å². The molecule has 0 aliphatic carbocycles. The maximum absolute atomic E-state index is 6.18. The van der Waals surface area contributed by atoms with E-state index in [1.54, 1.807) is 11.8 Å². The highest BCUT2D eigenvalue weighted by molar-refractivity contribution is 7.98. The molecule has 0 spiro atoms. The molecule has 1 aromatic heterocycles. The number of hydrogen-bond donors (Lipinski definition) is 0. The summed E-state index contributed by atoms with van der Waals surface area (Å²) < 4.78 is 2.35. The molecule has 27 heavy (non-hydrogen) atoms. The van der Waals surface area contributed by atoms with Crippen molar-refractivity contribution in [1.82, 2.24) is 14.5 Å². The van der Waals surface area contributed by atoms with E-state index >= 15 is 0 Å². The molecule has 1 heterocycles. The van der Waals surface area contributed by atoms with E-state index in [0.717, 1.165) is 65.3 Å². The lowest BCUT2D eigenvalue weighted by Crippen LogP contribution is -2.25. The second-order valence-corrected chi connectivity index (χ2v) is 8.36. The fourth-order valence-corrected chi connectivity index (χ4v) is 4.32. The summed E-state index contributed by atoms with van der Waals surface area (Å²) in [6, 6.07) is 13.9. The number of aryl methyl sites for hydroxylation is 1. The third-order valence-corrected chi connectivity index (χ3v) is 6.22. The molecule has 2 aromatic carbocycles. The number of hydrogen-bond acceptors (Lipinski definition) is 3. The van der Waals surface area contributed by atoms with Gasteiger partial charge in [-0.25, -0.2) is 4.98 Å². The van der Waals surface area contributed by atoms with Crippen molar-refractivity contribution in [2.45, 2.75) is 37.5 Å². The zero-order valence-corrected chi connectivity index (χ0v) is 18.1. The summed E-state index contributed by atoms with van der Waals surface area (Å²) >= 11 is 13.9. The third kappa shape index (κ3) is 5.41. The molecular weight excluding hydrogens is 397 g/mol. The second kappa shape index (κ2) is 9.83. The molecule has 3 nitrogen and oxygen atoms in total. The van der Waals surface area contributed by atoms with Gasteiger partial charge in [-0.05, 0) is 68.5 Å². The number of benzene rings is 2. The Bertz CT molecular complexity index is 873. The summed E-state index contributed by atoms with van der Waals surface area (Å²) in [4.78, 5) is 8.51. The lowest BCUT2D eigenvalue weighted by atomic mass is 10.3. The van der Waals surface area contributed by atoms with Crippen molar-refractivity contribution >= 4 is 46.0 Å². The number of halogens is 2. The first-order chi connectivity index (χ1) is 13.1. The number of thioether (sulfide) groups is 1. The van der Waals surface area contributed by atoms with Crippen molar-refractivity contribution in [3.63, 3.8) is 0 Å². The molecule has 3 aromatic rings. The summed E-state index contributed by atoms with van der Waals surface area (Å²) in [5.74, 6) is 1.91. The van der Waals surface area contributed by atoms with Crippen LogP contribution in [0.2, 0.25) is 10.0 Å². The molecule has 0 N–H and O–H groups in total. The number of rotatable bonds is 9. The van der Waals surface area contributed by atoms with E-state index in [9.17, 15) is 0 Å². The molecule has 0 saturated carbocycles. The lowest BCUT2D eigenvalue weighted by molar-refractivity contribution is 0.293. The zero-order valence-electron chi connectivity index (χ0n) is 15.8. The van der Waals surface area contributed by atoms with Crippen LogP contribution in [0.1, 0.15) is 26.1 Å². The van der Waals surface area contributed by atoms with E-state index in [1.807, 2.05) is 24.3 Å². The highest BCUT2D eigenvalue weighted by Gasteiger charge is 2.12. The molecule has 0 aliphatic rings. The molecule has 0 aliphatic heterocycles. The Balaban J connectivity index is 1.78. The van der Waals surface area contributed by atoms with Gasteiger partial charge < -0.3 is 9.47 Å². The van der Waals surface area contributed by atoms with Crippen molar-refractivity contribution in [3.8, 4) is 0 Å². The van der Waals surface area contributed by atoms with Gasteiger partial charge in [-0.2, -0.15) is 0 Å². The van der Waals surface area contributed by atoms with Gasteiger partial charge >= 0.3 is 0 Å². The predicted octanol–water partition coefficient (Wildman–Crippen LogP) is 6.37. The predicted molar refractivity (Wildman–Crippen MR) is 118 cm³/mol. The topological polar surface area (TPSA) is 21.1 Å². The minimum Gasteiger partial charge on any atom is -0.327 e. The van der Waals surface area contributed by atoms with Crippen LogP contribution in [0.25, 0.3) is 11.0 Å². The van der Waals surface area contributed by atoms with Crippen LogP contribution in [-0.2, 0) is 12.3 Å². The summed E-state index contributed by atoms with van der Waals surface area (Å²) in [6.45, 7) is 8.68. The molecule has 0 amide bonds. The summed E-state index contributed by atoms with van der Waals surface area (Å²) in [5.41, 5.74) is 2.13. The first kappa shape index (κ1) is 20.5. The zero-order chi connectivity index (χ0) is 19.2. The number of fused-ring (bicyclic) bond motifs is 1. The molecule has 3 rings (SSSR count). The quantitative estimate of drug-likeness (QED) is 0.374. The largest absolute Gasteiger partial charge is 0.327 e. The van der Waals surface area contributed by atoms with Gasteiger partial charge in [0.15, 0.2) is 0 Å². The summed E-state index contributed by atoms with van der Waals surface area (Å²) in [6.07, 6.45) is 1.11. The van der Waals surface area contributed by atoms with Crippen LogP contribution >= 0.6 is 35.0 Å². The molecule has 6 heteroatoms. The minimum absolute atomic E-state index is 0.729. The molecule has 0 unspecified atom stereocenters. The fraction of sp³-hybridized carbons (Fsp3) is 0.381. The standard InChI is InChI=1S/C21H25Cl2N3S/c1-3-25(4-2)12-5-13-26-20-11-8-17(23)14-19(20)24-21(26)15-27-18-9-6-16(22)7-10-18/h6-11,14H,3-5,12-13,15H2,1-2H3. The maximum Gasteiger partial charge on any atom is 0.120 e. The first-order valence-electron chi connectivity index (χ1n) is 9.36. The van der Waals surface area contributed by atoms with Crippen LogP contribution in [0.4, 0.5) is 0 Å². The van der Waals surface area contributed by atoms with Gasteiger partial charge in [0.1, 0.15) is 5.82 Å². The highest BCUT2D eigenvalue weighted by Crippen LogP contribution is 2.27. The molecule has 0 fully saturated rings. The van der Waals surface area contributed by atoms with E-state index in [0.29, 0.717) is 0 Å². The van der Waals surface area contributed by atoms with Crippen molar-refractivity contribution in [2.75, 3.05) is 19.6 Å². The van der Waals surface area contributed by atoms with E-state index in [2.05, 4.69) is 41.5 Å². The Hall–Kier alpha value is -1.20. The van der Waals surface area contributed by atoms with E-state index in [1.165, 1.54) is 4.90 Å². The highest BCUT2D eigenvalue weighted by atomic mass is 35.5. The van der Waals surface area contributed by atoms with Gasteiger partial charge in [-0.15, -0.1) is 11.8 Å². The van der Waals surface area contributed by atoms with Crippen molar-refractivity contribution in [1.29, 1.82) is 0 Å². The Morgan fingerprint density at radius 1 is 1.00 bits per heavy atom. The van der Waals surface area contributed by atoms with Crippen LogP contribution in [0.15, 0.2) is 47.4 Å². The Morgan fingerprint density at radius 3 is 2.41 bits per heavy atom. The summed E-state index contributed by atoms with van der Waals surface area (Å²) in [5, 5.41) is 1.49. The smallest absolute Gasteiger partial charge is 0.120 e. The normalized spacial score (nSPS) is 11.6. The maximum atomic E-state index is 6.18. The van der Waals surface area contributed by atoms with E-state index in [4.69, 9.17) is 28.2 Å². The van der Waals surface area contributed by atoms with Crippen molar-refractivity contribution in [3.05, 3.63) is 58.3 Å². The molecule has 144 valence electrons. The fourth-order valence-electron chi connectivity index (χ4n) is 3.18. The van der Waals surface area contributed by atoms with Crippen molar-refractivity contribution < 1.29 is 0 Å². The second-order valence-electron chi connectivity index (χ2n) is 6.44. The Kier molecular flexibility index (Phi) is 7.48. The minimum atomic E-state index is 0.729. The SMILES string of the molecule is CCN(CC)CCCn1c(CSc2ccc(Cl)cc2)nc2cc(Cl)ccc21. The third-order valence-electron chi connectivity index (χ3n) is 4.72.